The predicted molar refractivity (Wildman–Crippen MR) is 82.6 cm³/mol. The second kappa shape index (κ2) is 5.25. The molecule has 0 aliphatic heterocycles. The Labute approximate surface area is 124 Å². The summed E-state index contributed by atoms with van der Waals surface area (Å²) in [6, 6.07) is 0.0883. The van der Waals surface area contributed by atoms with Crippen LogP contribution in [0.1, 0.15) is 59.8 Å². The molecule has 3 atom stereocenters. The highest BCUT2D eigenvalue weighted by atomic mass is 32.2. The van der Waals surface area contributed by atoms with Crippen molar-refractivity contribution in [3.05, 3.63) is 0 Å². The van der Waals surface area contributed by atoms with E-state index in [2.05, 4.69) is 32.4 Å². The lowest BCUT2D eigenvalue weighted by atomic mass is 9.69. The molecule has 2 bridgehead atoms. The van der Waals surface area contributed by atoms with Crippen LogP contribution in [0.5, 0.6) is 0 Å². The highest BCUT2D eigenvalue weighted by Crippen LogP contribution is 2.65. The maximum atomic E-state index is 12.4. The van der Waals surface area contributed by atoms with Gasteiger partial charge in [-0.3, -0.25) is 0 Å². The lowest BCUT2D eigenvalue weighted by Crippen LogP contribution is -2.50. The number of nitrogens with one attached hydrogen (secondary N) is 1. The van der Waals surface area contributed by atoms with Gasteiger partial charge in [-0.15, -0.1) is 0 Å². The Morgan fingerprint density at radius 1 is 1.30 bits per heavy atom. The van der Waals surface area contributed by atoms with Gasteiger partial charge in [-0.2, -0.15) is 17.4 Å². The average molecular weight is 302 g/mol. The van der Waals surface area contributed by atoms with Gasteiger partial charge in [0.1, 0.15) is 0 Å². The minimum Gasteiger partial charge on any atom is -0.198 e. The quantitative estimate of drug-likeness (QED) is 0.820. The summed E-state index contributed by atoms with van der Waals surface area (Å²) in [5, 5.41) is 0. The van der Waals surface area contributed by atoms with Crippen molar-refractivity contribution in [1.82, 2.24) is 9.03 Å². The molecule has 0 saturated heterocycles. The van der Waals surface area contributed by atoms with E-state index in [0.717, 1.165) is 25.7 Å². The first-order chi connectivity index (χ1) is 9.15. The summed E-state index contributed by atoms with van der Waals surface area (Å²) in [5.41, 5.74) is 0.332. The van der Waals surface area contributed by atoms with E-state index >= 15 is 0 Å². The first-order valence-corrected chi connectivity index (χ1v) is 9.32. The van der Waals surface area contributed by atoms with Crippen molar-refractivity contribution in [2.24, 2.45) is 16.7 Å². The van der Waals surface area contributed by atoms with Crippen LogP contribution in [0.4, 0.5) is 0 Å². The smallest absolute Gasteiger partial charge is 0.198 e. The Morgan fingerprint density at radius 3 is 2.40 bits per heavy atom. The van der Waals surface area contributed by atoms with E-state index in [-0.39, 0.29) is 16.9 Å². The normalized spacial score (nSPS) is 35.9. The van der Waals surface area contributed by atoms with Gasteiger partial charge in [-0.1, -0.05) is 34.1 Å². The highest BCUT2D eigenvalue weighted by Gasteiger charge is 2.62. The Kier molecular flexibility index (Phi) is 4.27. The van der Waals surface area contributed by atoms with Crippen LogP contribution in [-0.4, -0.2) is 32.4 Å². The van der Waals surface area contributed by atoms with Crippen molar-refractivity contribution in [3.8, 4) is 0 Å². The van der Waals surface area contributed by atoms with Crippen LogP contribution in [0.15, 0.2) is 0 Å². The standard InChI is InChI=1S/C15H30N2O2S/c1-6-7-10-17(5)20(18,19)16-13-11-12-8-9-15(13,4)14(12,2)3/h12-13,16H,6-11H2,1-5H3. The Morgan fingerprint density at radius 2 is 1.95 bits per heavy atom. The van der Waals surface area contributed by atoms with Gasteiger partial charge >= 0.3 is 0 Å². The molecular formula is C15H30N2O2S. The topological polar surface area (TPSA) is 49.4 Å². The summed E-state index contributed by atoms with van der Waals surface area (Å²) in [6.45, 7) is 9.55. The summed E-state index contributed by atoms with van der Waals surface area (Å²) < 4.78 is 29.3. The monoisotopic (exact) mass is 302 g/mol. The molecule has 0 radical (unpaired) electrons. The summed E-state index contributed by atoms with van der Waals surface area (Å²) in [6.07, 6.45) is 5.29. The predicted octanol–water partition coefficient (Wildman–Crippen LogP) is 2.77. The molecule has 0 aromatic rings. The lowest BCUT2D eigenvalue weighted by Gasteiger charge is -2.39. The van der Waals surface area contributed by atoms with Gasteiger partial charge in [-0.25, -0.2) is 0 Å². The Balaban J connectivity index is 2.08. The van der Waals surface area contributed by atoms with Crippen LogP contribution >= 0.6 is 0 Å². The molecule has 118 valence electrons. The average Bonchev–Trinajstić information content (AvgIpc) is 2.68. The fraction of sp³-hybridized carbons (Fsp3) is 1.00. The highest BCUT2D eigenvalue weighted by molar-refractivity contribution is 7.87. The molecule has 0 spiro atoms. The third kappa shape index (κ3) is 2.42. The van der Waals surface area contributed by atoms with Crippen LogP contribution in [0.3, 0.4) is 0 Å². The van der Waals surface area contributed by atoms with E-state index in [1.165, 1.54) is 10.7 Å². The Hall–Kier alpha value is -0.130. The van der Waals surface area contributed by atoms with Gasteiger partial charge in [0, 0.05) is 19.6 Å². The number of unbranched alkanes of at least 4 members (excludes halogenated alkanes) is 1. The number of hydrogen-bond donors (Lipinski definition) is 1. The molecule has 20 heavy (non-hydrogen) atoms. The summed E-state index contributed by atoms with van der Waals surface area (Å²) in [4.78, 5) is 0. The lowest BCUT2D eigenvalue weighted by molar-refractivity contribution is 0.129. The van der Waals surface area contributed by atoms with Crippen LogP contribution in [0.2, 0.25) is 0 Å². The van der Waals surface area contributed by atoms with Crippen LogP contribution in [0.25, 0.3) is 0 Å². The fourth-order valence-electron chi connectivity index (χ4n) is 4.15. The van der Waals surface area contributed by atoms with Gasteiger partial charge in [0.2, 0.25) is 0 Å². The molecule has 2 saturated carbocycles. The van der Waals surface area contributed by atoms with Crippen molar-refractivity contribution in [2.75, 3.05) is 13.6 Å². The zero-order valence-electron chi connectivity index (χ0n) is 13.6. The van der Waals surface area contributed by atoms with E-state index in [0.29, 0.717) is 12.5 Å². The minimum atomic E-state index is -3.34. The molecule has 0 aromatic heterocycles. The van der Waals surface area contributed by atoms with E-state index in [9.17, 15) is 8.42 Å². The molecule has 0 aromatic carbocycles. The van der Waals surface area contributed by atoms with Crippen molar-refractivity contribution in [1.29, 1.82) is 0 Å². The molecule has 0 heterocycles. The first kappa shape index (κ1) is 16.2. The fourth-order valence-corrected chi connectivity index (χ4v) is 5.42. The first-order valence-electron chi connectivity index (χ1n) is 7.88. The van der Waals surface area contributed by atoms with Crippen molar-refractivity contribution in [2.45, 2.75) is 65.8 Å². The van der Waals surface area contributed by atoms with Crippen molar-refractivity contribution in [3.63, 3.8) is 0 Å². The second-order valence-corrected chi connectivity index (χ2v) is 9.27. The second-order valence-electron chi connectivity index (χ2n) is 7.46. The zero-order valence-corrected chi connectivity index (χ0v) is 14.4. The molecule has 0 amide bonds. The van der Waals surface area contributed by atoms with Gasteiger partial charge in [0.05, 0.1) is 0 Å². The largest absolute Gasteiger partial charge is 0.279 e. The van der Waals surface area contributed by atoms with E-state index in [1.807, 2.05) is 0 Å². The van der Waals surface area contributed by atoms with Gasteiger partial charge in [-0.05, 0) is 42.4 Å². The van der Waals surface area contributed by atoms with Gasteiger partial charge in [0.15, 0.2) is 0 Å². The molecule has 5 heteroatoms. The SMILES string of the molecule is CCCCN(C)S(=O)(=O)NC1CC2CCC1(C)C2(C)C. The molecule has 2 aliphatic rings. The number of hydrogen-bond acceptors (Lipinski definition) is 2. The molecule has 3 unspecified atom stereocenters. The summed E-state index contributed by atoms with van der Waals surface area (Å²) in [7, 11) is -1.66. The third-order valence-corrected chi connectivity index (χ3v) is 7.91. The number of fused-ring (bicyclic) bond motifs is 2. The molecule has 2 rings (SSSR count). The zero-order chi connectivity index (χ0) is 15.2. The van der Waals surface area contributed by atoms with Gasteiger partial charge < -0.3 is 0 Å². The van der Waals surface area contributed by atoms with E-state index < -0.39 is 10.2 Å². The minimum absolute atomic E-state index is 0.0883. The third-order valence-electron chi connectivity index (χ3n) is 6.32. The van der Waals surface area contributed by atoms with Crippen LogP contribution in [-0.2, 0) is 10.2 Å². The van der Waals surface area contributed by atoms with Gasteiger partial charge in [0.25, 0.3) is 10.2 Å². The molecule has 2 aliphatic carbocycles. The van der Waals surface area contributed by atoms with Crippen molar-refractivity contribution >= 4 is 10.2 Å². The van der Waals surface area contributed by atoms with E-state index in [1.54, 1.807) is 7.05 Å². The molecule has 2 fully saturated rings. The van der Waals surface area contributed by atoms with Crippen LogP contribution < -0.4 is 4.72 Å². The number of nitrogens with zero attached hydrogens (tertiary/aromatic N) is 1. The maximum absolute atomic E-state index is 12.4. The van der Waals surface area contributed by atoms with Crippen molar-refractivity contribution < 1.29 is 8.42 Å². The van der Waals surface area contributed by atoms with E-state index in [4.69, 9.17) is 0 Å². The summed E-state index contributed by atoms with van der Waals surface area (Å²) >= 11 is 0. The van der Waals surface area contributed by atoms with Crippen LogP contribution in [0, 0.1) is 16.7 Å². The Bertz CT molecular complexity index is 460. The number of rotatable bonds is 6. The molecule has 1 N–H and O–H groups in total. The summed E-state index contributed by atoms with van der Waals surface area (Å²) in [5.74, 6) is 0.654. The molecular weight excluding hydrogens is 272 g/mol. The molecule has 4 nitrogen and oxygen atoms in total. The maximum Gasteiger partial charge on any atom is 0.279 e.